The standard InChI is InChI=1S/C19H23IN6O2/c1-25-16-15(17(27)24-19(25)28)26(10-11-6-2-3-7-12(11)20)18(23-16)22-14-9-5-4-8-13(14)21/h2-3,6-7,13-14H,4-5,8-10,21H2,1H3,(H,22,23)(H,24,27,28)/t13?,14-/m0/s1. The second-order valence-corrected chi connectivity index (χ2v) is 8.46. The van der Waals surface area contributed by atoms with Crippen LogP contribution in [0.3, 0.4) is 0 Å². The number of nitrogens with two attached hydrogens (primary N) is 1. The Morgan fingerprint density at radius 2 is 2.04 bits per heavy atom. The van der Waals surface area contributed by atoms with Crippen LogP contribution in [0.1, 0.15) is 31.2 Å². The summed E-state index contributed by atoms with van der Waals surface area (Å²) in [5.41, 5.74) is 7.23. The van der Waals surface area contributed by atoms with Crippen LogP contribution in [-0.2, 0) is 13.6 Å². The first-order valence-corrected chi connectivity index (χ1v) is 10.5. The average Bonchev–Trinajstić information content (AvgIpc) is 3.02. The van der Waals surface area contributed by atoms with Crippen molar-refractivity contribution in [2.24, 2.45) is 12.8 Å². The van der Waals surface area contributed by atoms with Gasteiger partial charge in [-0.3, -0.25) is 18.9 Å². The van der Waals surface area contributed by atoms with Gasteiger partial charge in [-0.2, -0.15) is 4.98 Å². The smallest absolute Gasteiger partial charge is 0.329 e. The summed E-state index contributed by atoms with van der Waals surface area (Å²) in [7, 11) is 1.61. The minimum atomic E-state index is -0.475. The van der Waals surface area contributed by atoms with Gasteiger partial charge in [-0.25, -0.2) is 4.79 Å². The fourth-order valence-corrected chi connectivity index (χ4v) is 4.36. The third kappa shape index (κ3) is 3.48. The van der Waals surface area contributed by atoms with E-state index in [1.165, 1.54) is 4.57 Å². The van der Waals surface area contributed by atoms with Gasteiger partial charge in [-0.05, 0) is 47.1 Å². The van der Waals surface area contributed by atoms with Gasteiger partial charge < -0.3 is 11.1 Å². The third-order valence-corrected chi connectivity index (χ3v) is 6.48. The molecule has 4 N–H and O–H groups in total. The Morgan fingerprint density at radius 3 is 2.79 bits per heavy atom. The van der Waals surface area contributed by atoms with E-state index >= 15 is 0 Å². The highest BCUT2D eigenvalue weighted by atomic mass is 127. The van der Waals surface area contributed by atoms with Crippen molar-refractivity contribution in [2.45, 2.75) is 44.3 Å². The number of hydrogen-bond donors (Lipinski definition) is 3. The van der Waals surface area contributed by atoms with Crippen LogP contribution in [0.5, 0.6) is 0 Å². The van der Waals surface area contributed by atoms with Crippen molar-refractivity contribution >= 4 is 39.7 Å². The number of hydrogen-bond acceptors (Lipinski definition) is 5. The lowest BCUT2D eigenvalue weighted by molar-refractivity contribution is 0.401. The van der Waals surface area contributed by atoms with Crippen molar-refractivity contribution in [2.75, 3.05) is 5.32 Å². The molecule has 0 aliphatic heterocycles. The number of aromatic amines is 1. The first-order chi connectivity index (χ1) is 13.5. The van der Waals surface area contributed by atoms with E-state index in [-0.39, 0.29) is 12.1 Å². The fourth-order valence-electron chi connectivity index (χ4n) is 3.80. The first kappa shape index (κ1) is 19.2. The van der Waals surface area contributed by atoms with E-state index < -0.39 is 11.2 Å². The van der Waals surface area contributed by atoms with Crippen molar-refractivity contribution in [3.63, 3.8) is 0 Å². The number of fused-ring (bicyclic) bond motifs is 1. The monoisotopic (exact) mass is 494 g/mol. The Bertz CT molecular complexity index is 1130. The maximum Gasteiger partial charge on any atom is 0.329 e. The summed E-state index contributed by atoms with van der Waals surface area (Å²) in [6.45, 7) is 0.473. The van der Waals surface area contributed by atoms with E-state index in [9.17, 15) is 9.59 Å². The van der Waals surface area contributed by atoms with Crippen LogP contribution < -0.4 is 22.3 Å². The van der Waals surface area contributed by atoms with Crippen LogP contribution in [0.25, 0.3) is 11.2 Å². The summed E-state index contributed by atoms with van der Waals surface area (Å²) in [5, 5.41) is 3.46. The molecule has 2 aromatic heterocycles. The van der Waals surface area contributed by atoms with Gasteiger partial charge in [0.05, 0.1) is 6.54 Å². The molecule has 28 heavy (non-hydrogen) atoms. The molecule has 9 heteroatoms. The number of H-pyrrole nitrogens is 1. The van der Waals surface area contributed by atoms with Gasteiger partial charge in [0.1, 0.15) is 0 Å². The molecule has 1 fully saturated rings. The number of nitrogens with zero attached hydrogens (tertiary/aromatic N) is 3. The molecule has 148 valence electrons. The topological polar surface area (TPSA) is 111 Å². The van der Waals surface area contributed by atoms with Crippen molar-refractivity contribution in [3.8, 4) is 0 Å². The molecule has 0 amide bonds. The first-order valence-electron chi connectivity index (χ1n) is 9.41. The summed E-state index contributed by atoms with van der Waals surface area (Å²) in [6.07, 6.45) is 4.17. The second kappa shape index (κ2) is 7.70. The minimum Gasteiger partial charge on any atom is -0.351 e. The molecule has 1 unspecified atom stereocenters. The lowest BCUT2D eigenvalue weighted by atomic mass is 9.91. The molecule has 2 heterocycles. The largest absolute Gasteiger partial charge is 0.351 e. The predicted molar refractivity (Wildman–Crippen MR) is 118 cm³/mol. The van der Waals surface area contributed by atoms with Crippen LogP contribution in [0, 0.1) is 3.57 Å². The van der Waals surface area contributed by atoms with Crippen LogP contribution in [0.4, 0.5) is 5.95 Å². The number of halogens is 1. The predicted octanol–water partition coefficient (Wildman–Crippen LogP) is 1.76. The Kier molecular flexibility index (Phi) is 5.28. The molecular formula is C19H23IN6O2. The Hall–Kier alpha value is -2.14. The molecule has 2 atom stereocenters. The van der Waals surface area contributed by atoms with Gasteiger partial charge in [0.25, 0.3) is 5.56 Å². The molecule has 0 spiro atoms. The van der Waals surface area contributed by atoms with E-state index in [0.717, 1.165) is 34.8 Å². The lowest BCUT2D eigenvalue weighted by Gasteiger charge is -2.29. The summed E-state index contributed by atoms with van der Waals surface area (Å²) in [4.78, 5) is 31.7. The van der Waals surface area contributed by atoms with Gasteiger partial charge >= 0.3 is 5.69 Å². The molecule has 0 saturated heterocycles. The van der Waals surface area contributed by atoms with E-state index in [1.807, 2.05) is 28.8 Å². The number of nitrogens with one attached hydrogen (secondary N) is 2. The maximum absolute atomic E-state index is 12.6. The normalized spacial score (nSPS) is 19.8. The van der Waals surface area contributed by atoms with Crippen LogP contribution >= 0.6 is 22.6 Å². The quantitative estimate of drug-likeness (QED) is 0.479. The second-order valence-electron chi connectivity index (χ2n) is 7.30. The Balaban J connectivity index is 1.86. The highest BCUT2D eigenvalue weighted by molar-refractivity contribution is 14.1. The number of aryl methyl sites for hydroxylation is 1. The van der Waals surface area contributed by atoms with Crippen molar-refractivity contribution in [1.82, 2.24) is 19.1 Å². The average molecular weight is 494 g/mol. The zero-order valence-electron chi connectivity index (χ0n) is 15.6. The van der Waals surface area contributed by atoms with Crippen molar-refractivity contribution < 1.29 is 0 Å². The van der Waals surface area contributed by atoms with Gasteiger partial charge in [0.15, 0.2) is 11.2 Å². The molecular weight excluding hydrogens is 471 g/mol. The van der Waals surface area contributed by atoms with Gasteiger partial charge in [-0.15, -0.1) is 0 Å². The number of anilines is 1. The fraction of sp³-hybridized carbons (Fsp3) is 0.421. The minimum absolute atomic E-state index is 0.0426. The number of aromatic nitrogens is 4. The Labute approximate surface area is 175 Å². The SMILES string of the molecule is Cn1c(=O)[nH]c(=O)c2c1nc(N[C@H]1CCCCC1N)n2Cc1ccccc1I. The van der Waals surface area contributed by atoms with Gasteiger partial charge in [-0.1, -0.05) is 31.0 Å². The lowest BCUT2D eigenvalue weighted by Crippen LogP contribution is -2.43. The zero-order chi connectivity index (χ0) is 19.8. The summed E-state index contributed by atoms with van der Waals surface area (Å²) in [5.74, 6) is 0.573. The summed E-state index contributed by atoms with van der Waals surface area (Å²) in [6, 6.07) is 8.14. The molecule has 3 aromatic rings. The maximum atomic E-state index is 12.6. The highest BCUT2D eigenvalue weighted by Gasteiger charge is 2.25. The zero-order valence-corrected chi connectivity index (χ0v) is 17.8. The number of imidazole rings is 1. The molecule has 1 aromatic carbocycles. The molecule has 1 saturated carbocycles. The summed E-state index contributed by atoms with van der Waals surface area (Å²) < 4.78 is 4.32. The van der Waals surface area contributed by atoms with E-state index in [2.05, 4.69) is 37.9 Å². The van der Waals surface area contributed by atoms with Crippen LogP contribution in [0.2, 0.25) is 0 Å². The van der Waals surface area contributed by atoms with Crippen molar-refractivity contribution in [1.29, 1.82) is 0 Å². The number of rotatable bonds is 4. The summed E-state index contributed by atoms with van der Waals surface area (Å²) >= 11 is 2.28. The number of benzene rings is 1. The molecule has 0 radical (unpaired) electrons. The Morgan fingerprint density at radius 1 is 1.29 bits per heavy atom. The van der Waals surface area contributed by atoms with E-state index in [0.29, 0.717) is 23.7 Å². The highest BCUT2D eigenvalue weighted by Crippen LogP contribution is 2.24. The molecule has 4 rings (SSSR count). The van der Waals surface area contributed by atoms with E-state index in [1.54, 1.807) is 7.05 Å². The molecule has 1 aliphatic rings. The van der Waals surface area contributed by atoms with Gasteiger partial charge in [0.2, 0.25) is 5.95 Å². The van der Waals surface area contributed by atoms with Gasteiger partial charge in [0, 0.05) is 22.7 Å². The third-order valence-electron chi connectivity index (χ3n) is 5.43. The van der Waals surface area contributed by atoms with E-state index in [4.69, 9.17) is 5.73 Å². The molecule has 1 aliphatic carbocycles. The molecule has 8 nitrogen and oxygen atoms in total. The van der Waals surface area contributed by atoms with Crippen molar-refractivity contribution in [3.05, 3.63) is 54.2 Å². The molecule has 0 bridgehead atoms. The van der Waals surface area contributed by atoms with Crippen LogP contribution in [-0.4, -0.2) is 31.2 Å². The van der Waals surface area contributed by atoms with Crippen LogP contribution in [0.15, 0.2) is 33.9 Å².